The summed E-state index contributed by atoms with van der Waals surface area (Å²) in [5.74, 6) is 0. The standard InChI is InChI=1S/C10H21NO2/c1-5-8-10(6-2,13-12)9(4)11-7-3/h12H,5-8H2,1-4H3. The molecule has 1 N–H and O–H groups in total. The Labute approximate surface area is 80.8 Å². The Balaban J connectivity index is 4.63. The first-order valence-electron chi connectivity index (χ1n) is 5.00. The van der Waals surface area contributed by atoms with Crippen molar-refractivity contribution in [2.24, 2.45) is 4.99 Å². The highest BCUT2D eigenvalue weighted by molar-refractivity contribution is 5.90. The van der Waals surface area contributed by atoms with Gasteiger partial charge in [0, 0.05) is 12.3 Å². The van der Waals surface area contributed by atoms with E-state index in [2.05, 4.69) is 16.8 Å². The van der Waals surface area contributed by atoms with Crippen LogP contribution < -0.4 is 0 Å². The van der Waals surface area contributed by atoms with Crippen LogP contribution in [-0.2, 0) is 4.89 Å². The van der Waals surface area contributed by atoms with Crippen LogP contribution in [-0.4, -0.2) is 23.1 Å². The average Bonchev–Trinajstić information content (AvgIpc) is 2.14. The van der Waals surface area contributed by atoms with E-state index in [9.17, 15) is 0 Å². The molecule has 1 atom stereocenters. The van der Waals surface area contributed by atoms with Crippen molar-refractivity contribution in [1.29, 1.82) is 0 Å². The molecule has 0 fully saturated rings. The van der Waals surface area contributed by atoms with E-state index in [-0.39, 0.29) is 0 Å². The summed E-state index contributed by atoms with van der Waals surface area (Å²) in [6.07, 6.45) is 2.55. The van der Waals surface area contributed by atoms with Gasteiger partial charge in [0.05, 0.1) is 0 Å². The van der Waals surface area contributed by atoms with Gasteiger partial charge in [-0.15, -0.1) is 0 Å². The molecule has 0 bridgehead atoms. The van der Waals surface area contributed by atoms with Crippen molar-refractivity contribution >= 4 is 5.71 Å². The predicted molar refractivity (Wildman–Crippen MR) is 55.3 cm³/mol. The van der Waals surface area contributed by atoms with Gasteiger partial charge in [-0.25, -0.2) is 4.89 Å². The summed E-state index contributed by atoms with van der Waals surface area (Å²) in [5.41, 5.74) is 0.340. The SMILES string of the molecule is CCCC(CC)(OO)C(C)=NCC. The minimum atomic E-state index is -0.551. The van der Waals surface area contributed by atoms with Gasteiger partial charge < -0.3 is 0 Å². The maximum atomic E-state index is 8.92. The highest BCUT2D eigenvalue weighted by Crippen LogP contribution is 2.23. The van der Waals surface area contributed by atoms with Crippen molar-refractivity contribution in [2.75, 3.05) is 6.54 Å². The Kier molecular flexibility index (Phi) is 5.91. The first-order chi connectivity index (χ1) is 6.16. The molecule has 13 heavy (non-hydrogen) atoms. The molecule has 0 amide bonds. The van der Waals surface area contributed by atoms with Crippen LogP contribution in [0.3, 0.4) is 0 Å². The van der Waals surface area contributed by atoms with Crippen molar-refractivity contribution in [2.45, 2.75) is 52.6 Å². The van der Waals surface area contributed by atoms with Gasteiger partial charge in [-0.3, -0.25) is 10.2 Å². The van der Waals surface area contributed by atoms with Crippen LogP contribution in [0.25, 0.3) is 0 Å². The number of hydrogen-bond acceptors (Lipinski definition) is 3. The third kappa shape index (κ3) is 3.08. The lowest BCUT2D eigenvalue weighted by molar-refractivity contribution is -0.302. The monoisotopic (exact) mass is 187 g/mol. The Bertz CT molecular complexity index is 162. The van der Waals surface area contributed by atoms with Crippen LogP contribution in [0, 0.1) is 0 Å². The topological polar surface area (TPSA) is 41.8 Å². The largest absolute Gasteiger partial charge is 0.292 e. The van der Waals surface area contributed by atoms with Gasteiger partial charge in [-0.2, -0.15) is 0 Å². The molecule has 0 spiro atoms. The van der Waals surface area contributed by atoms with Crippen molar-refractivity contribution in [3.8, 4) is 0 Å². The van der Waals surface area contributed by atoms with Gasteiger partial charge in [-0.05, 0) is 26.7 Å². The summed E-state index contributed by atoms with van der Waals surface area (Å²) in [6.45, 7) is 8.70. The van der Waals surface area contributed by atoms with Gasteiger partial charge in [0.25, 0.3) is 0 Å². The Morgan fingerprint density at radius 3 is 2.31 bits per heavy atom. The van der Waals surface area contributed by atoms with Crippen LogP contribution in [0.5, 0.6) is 0 Å². The Hall–Kier alpha value is -0.410. The van der Waals surface area contributed by atoms with Crippen molar-refractivity contribution < 1.29 is 10.1 Å². The highest BCUT2D eigenvalue weighted by atomic mass is 17.1. The Morgan fingerprint density at radius 2 is 2.00 bits per heavy atom. The normalized spacial score (nSPS) is 17.2. The minimum absolute atomic E-state index is 0.551. The fourth-order valence-corrected chi connectivity index (χ4v) is 1.57. The quantitative estimate of drug-likeness (QED) is 0.394. The van der Waals surface area contributed by atoms with Crippen molar-refractivity contribution in [1.82, 2.24) is 0 Å². The predicted octanol–water partition coefficient (Wildman–Crippen LogP) is 2.91. The maximum absolute atomic E-state index is 8.92. The fraction of sp³-hybridized carbons (Fsp3) is 0.900. The van der Waals surface area contributed by atoms with Gasteiger partial charge in [0.1, 0.15) is 5.60 Å². The van der Waals surface area contributed by atoms with Gasteiger partial charge in [0.15, 0.2) is 0 Å². The first kappa shape index (κ1) is 12.6. The van der Waals surface area contributed by atoms with Gasteiger partial charge in [-0.1, -0.05) is 20.3 Å². The van der Waals surface area contributed by atoms with E-state index in [1.165, 1.54) is 0 Å². The zero-order chi connectivity index (χ0) is 10.3. The number of rotatable bonds is 6. The molecule has 78 valence electrons. The second kappa shape index (κ2) is 6.11. The molecule has 3 nitrogen and oxygen atoms in total. The number of hydrogen-bond donors (Lipinski definition) is 1. The first-order valence-corrected chi connectivity index (χ1v) is 5.00. The summed E-state index contributed by atoms with van der Waals surface area (Å²) in [5, 5.41) is 8.92. The lowest BCUT2D eigenvalue weighted by Gasteiger charge is -2.28. The fourth-order valence-electron chi connectivity index (χ4n) is 1.57. The van der Waals surface area contributed by atoms with Crippen LogP contribution in [0.15, 0.2) is 4.99 Å². The van der Waals surface area contributed by atoms with Crippen LogP contribution >= 0.6 is 0 Å². The van der Waals surface area contributed by atoms with Crippen molar-refractivity contribution in [3.05, 3.63) is 0 Å². The van der Waals surface area contributed by atoms with Crippen molar-refractivity contribution in [3.63, 3.8) is 0 Å². The average molecular weight is 187 g/mol. The molecule has 0 aromatic heterocycles. The molecule has 0 heterocycles. The van der Waals surface area contributed by atoms with E-state index in [0.717, 1.165) is 31.5 Å². The van der Waals surface area contributed by atoms with E-state index in [1.807, 2.05) is 20.8 Å². The number of aliphatic imine (C=N–C) groups is 1. The smallest absolute Gasteiger partial charge is 0.140 e. The summed E-state index contributed by atoms with van der Waals surface area (Å²) >= 11 is 0. The third-order valence-electron chi connectivity index (χ3n) is 2.45. The summed E-state index contributed by atoms with van der Waals surface area (Å²) in [4.78, 5) is 8.90. The maximum Gasteiger partial charge on any atom is 0.140 e. The lowest BCUT2D eigenvalue weighted by atomic mass is 9.90. The van der Waals surface area contributed by atoms with E-state index in [1.54, 1.807) is 0 Å². The molecule has 0 aliphatic heterocycles. The molecule has 0 saturated carbocycles. The molecule has 3 heteroatoms. The Morgan fingerprint density at radius 1 is 1.38 bits per heavy atom. The molecule has 0 aliphatic rings. The molecular weight excluding hydrogens is 166 g/mol. The molecule has 0 saturated heterocycles. The molecule has 0 aromatic rings. The highest BCUT2D eigenvalue weighted by Gasteiger charge is 2.32. The summed E-state index contributed by atoms with van der Waals surface area (Å²) in [7, 11) is 0. The molecule has 0 aliphatic carbocycles. The lowest BCUT2D eigenvalue weighted by Crippen LogP contribution is -2.38. The van der Waals surface area contributed by atoms with E-state index in [4.69, 9.17) is 5.26 Å². The molecule has 1 unspecified atom stereocenters. The molecular formula is C10H21NO2. The second-order valence-electron chi connectivity index (χ2n) is 3.25. The zero-order valence-electron chi connectivity index (χ0n) is 9.13. The third-order valence-corrected chi connectivity index (χ3v) is 2.45. The van der Waals surface area contributed by atoms with Crippen LogP contribution in [0.4, 0.5) is 0 Å². The molecule has 0 radical (unpaired) electrons. The van der Waals surface area contributed by atoms with Gasteiger partial charge in [0.2, 0.25) is 0 Å². The summed E-state index contributed by atoms with van der Waals surface area (Å²) in [6, 6.07) is 0. The zero-order valence-corrected chi connectivity index (χ0v) is 9.13. The van der Waals surface area contributed by atoms with E-state index < -0.39 is 5.60 Å². The van der Waals surface area contributed by atoms with Gasteiger partial charge >= 0.3 is 0 Å². The molecule has 0 rings (SSSR count). The minimum Gasteiger partial charge on any atom is -0.292 e. The van der Waals surface area contributed by atoms with E-state index in [0.29, 0.717) is 0 Å². The molecule has 0 aromatic carbocycles. The van der Waals surface area contributed by atoms with Crippen LogP contribution in [0.1, 0.15) is 47.0 Å². The summed E-state index contributed by atoms with van der Waals surface area (Å²) < 4.78 is 0. The number of nitrogens with zero attached hydrogens (tertiary/aromatic N) is 1. The van der Waals surface area contributed by atoms with E-state index >= 15 is 0 Å². The van der Waals surface area contributed by atoms with Crippen LogP contribution in [0.2, 0.25) is 0 Å². The second-order valence-corrected chi connectivity index (χ2v) is 3.25.